The van der Waals surface area contributed by atoms with Crippen LogP contribution in [0.5, 0.6) is 0 Å². The van der Waals surface area contributed by atoms with E-state index in [0.717, 1.165) is 11.9 Å². The molecule has 0 aromatic carbocycles. The molecule has 0 unspecified atom stereocenters. The monoisotopic (exact) mass is 188 g/mol. The Labute approximate surface area is 63.0 Å². The van der Waals surface area contributed by atoms with E-state index in [4.69, 9.17) is 0 Å². The number of aromatic nitrogens is 2. The molecule has 0 fully saturated rings. The molecule has 0 N–H and O–H groups in total. The molecule has 0 radical (unpaired) electrons. The van der Waals surface area contributed by atoms with Crippen LogP contribution in [0.3, 0.4) is 0 Å². The van der Waals surface area contributed by atoms with Crippen LogP contribution in [0, 0.1) is 6.92 Å². The van der Waals surface area contributed by atoms with Gasteiger partial charge in [-0.05, 0) is 13.0 Å². The summed E-state index contributed by atoms with van der Waals surface area (Å²) in [4.78, 5) is 0. The first-order valence-electron chi connectivity index (χ1n) is 2.89. The zero-order valence-corrected chi connectivity index (χ0v) is 6.93. The molecule has 0 aliphatic carbocycles. The number of hydrogen-bond donors (Lipinski definition) is 0. The van der Waals surface area contributed by atoms with Gasteiger partial charge < -0.3 is 0 Å². The van der Waals surface area contributed by atoms with Gasteiger partial charge >= 0.3 is 0 Å². The zero-order chi connectivity index (χ0) is 6.69. The maximum absolute atomic E-state index is 4.09. The average Bonchev–Trinajstić information content (AvgIpc) is 2.18. The van der Waals surface area contributed by atoms with Crippen molar-refractivity contribution in [2.45, 2.75) is 13.5 Å². The minimum atomic E-state index is 0.957. The minimum absolute atomic E-state index is 0.957. The van der Waals surface area contributed by atoms with E-state index >= 15 is 0 Å². The molecule has 3 heteroatoms. The summed E-state index contributed by atoms with van der Waals surface area (Å²) in [7, 11) is 0. The van der Waals surface area contributed by atoms with Crippen molar-refractivity contribution in [3.8, 4) is 0 Å². The molecule has 0 saturated heterocycles. The van der Waals surface area contributed by atoms with Crippen molar-refractivity contribution in [3.63, 3.8) is 0 Å². The molecule has 0 atom stereocenters. The predicted octanol–water partition coefficient (Wildman–Crippen LogP) is 1.59. The number of aryl methyl sites for hydroxylation is 2. The first-order chi connectivity index (χ1) is 4.34. The van der Waals surface area contributed by atoms with Gasteiger partial charge in [-0.1, -0.05) is 15.9 Å². The van der Waals surface area contributed by atoms with Crippen LogP contribution in [-0.2, 0) is 6.54 Å². The molecule has 9 heavy (non-hydrogen) atoms. The Balaban J connectivity index is 2.69. The molecule has 0 amide bonds. The molecule has 2 nitrogen and oxygen atoms in total. The van der Waals surface area contributed by atoms with E-state index < -0.39 is 0 Å². The van der Waals surface area contributed by atoms with Crippen LogP contribution in [0.1, 0.15) is 5.69 Å². The van der Waals surface area contributed by atoms with Crippen molar-refractivity contribution in [2.75, 3.05) is 5.33 Å². The number of rotatable bonds is 2. The lowest BCUT2D eigenvalue weighted by Crippen LogP contribution is -2.02. The fourth-order valence-electron chi connectivity index (χ4n) is 0.713. The molecule has 0 spiro atoms. The summed E-state index contributed by atoms with van der Waals surface area (Å²) in [6.45, 7) is 3.01. The van der Waals surface area contributed by atoms with E-state index in [0.29, 0.717) is 0 Å². The summed E-state index contributed by atoms with van der Waals surface area (Å²) in [5, 5.41) is 5.06. The van der Waals surface area contributed by atoms with Crippen LogP contribution in [0.15, 0.2) is 12.3 Å². The molecule has 0 saturated carbocycles. The summed E-state index contributed by atoms with van der Waals surface area (Å²) in [5.41, 5.74) is 1.22. The summed E-state index contributed by atoms with van der Waals surface area (Å²) in [5.74, 6) is 0. The van der Waals surface area contributed by atoms with E-state index in [2.05, 4.69) is 28.0 Å². The molecule has 1 aromatic rings. The number of nitrogens with zero attached hydrogens (tertiary/aromatic N) is 2. The zero-order valence-electron chi connectivity index (χ0n) is 5.34. The Morgan fingerprint density at radius 1 is 1.78 bits per heavy atom. The van der Waals surface area contributed by atoms with Crippen molar-refractivity contribution >= 4 is 15.9 Å². The predicted molar refractivity (Wildman–Crippen MR) is 40.8 cm³/mol. The standard InChI is InChI=1S/C6H9BrN2/c1-6-2-4-8-9(6)5-3-7/h2,4H,3,5H2,1H3. The lowest BCUT2D eigenvalue weighted by Gasteiger charge is -1.97. The second-order valence-electron chi connectivity index (χ2n) is 1.88. The Hall–Kier alpha value is -0.310. The SMILES string of the molecule is Cc1ccnn1CCBr. The maximum atomic E-state index is 4.09. The van der Waals surface area contributed by atoms with Crippen LogP contribution in [0.2, 0.25) is 0 Å². The summed E-state index contributed by atoms with van der Waals surface area (Å²) >= 11 is 3.34. The fraction of sp³-hybridized carbons (Fsp3) is 0.500. The van der Waals surface area contributed by atoms with Crippen molar-refractivity contribution in [2.24, 2.45) is 0 Å². The van der Waals surface area contributed by atoms with Gasteiger partial charge in [0.05, 0.1) is 6.54 Å². The molecule has 1 heterocycles. The van der Waals surface area contributed by atoms with Gasteiger partial charge in [0.25, 0.3) is 0 Å². The van der Waals surface area contributed by atoms with Crippen molar-refractivity contribution in [1.82, 2.24) is 9.78 Å². The minimum Gasteiger partial charge on any atom is -0.269 e. The average molecular weight is 189 g/mol. The third kappa shape index (κ3) is 1.55. The second kappa shape index (κ2) is 3.01. The Kier molecular flexibility index (Phi) is 2.28. The highest BCUT2D eigenvalue weighted by molar-refractivity contribution is 9.09. The van der Waals surface area contributed by atoms with Crippen LogP contribution in [0.4, 0.5) is 0 Å². The molecule has 0 bridgehead atoms. The maximum Gasteiger partial charge on any atom is 0.0509 e. The molecular weight excluding hydrogens is 180 g/mol. The van der Waals surface area contributed by atoms with Crippen LogP contribution in [0.25, 0.3) is 0 Å². The first kappa shape index (κ1) is 6.81. The topological polar surface area (TPSA) is 17.8 Å². The second-order valence-corrected chi connectivity index (χ2v) is 2.68. The van der Waals surface area contributed by atoms with Crippen molar-refractivity contribution in [1.29, 1.82) is 0 Å². The van der Waals surface area contributed by atoms with Crippen LogP contribution in [-0.4, -0.2) is 15.1 Å². The van der Waals surface area contributed by atoms with Gasteiger partial charge in [0, 0.05) is 17.2 Å². The van der Waals surface area contributed by atoms with E-state index in [1.807, 2.05) is 16.9 Å². The van der Waals surface area contributed by atoms with Gasteiger partial charge in [0.2, 0.25) is 0 Å². The fourth-order valence-corrected chi connectivity index (χ4v) is 1.05. The quantitative estimate of drug-likeness (QED) is 0.646. The summed E-state index contributed by atoms with van der Waals surface area (Å²) in [6.07, 6.45) is 1.82. The van der Waals surface area contributed by atoms with Crippen LogP contribution < -0.4 is 0 Å². The molecule has 1 aromatic heterocycles. The highest BCUT2D eigenvalue weighted by Crippen LogP contribution is 1.95. The third-order valence-corrected chi connectivity index (χ3v) is 1.58. The highest BCUT2D eigenvalue weighted by atomic mass is 79.9. The molecule has 0 aliphatic heterocycles. The number of halogens is 1. The lowest BCUT2D eigenvalue weighted by atomic mass is 10.5. The van der Waals surface area contributed by atoms with Gasteiger partial charge in [-0.3, -0.25) is 4.68 Å². The Morgan fingerprint density at radius 3 is 3.00 bits per heavy atom. The van der Waals surface area contributed by atoms with Crippen LogP contribution >= 0.6 is 15.9 Å². The van der Waals surface area contributed by atoms with Crippen molar-refractivity contribution in [3.05, 3.63) is 18.0 Å². The molecule has 1 rings (SSSR count). The molecule has 0 aliphatic rings. The van der Waals surface area contributed by atoms with Gasteiger partial charge in [0.15, 0.2) is 0 Å². The number of alkyl halides is 1. The molecule has 50 valence electrons. The largest absolute Gasteiger partial charge is 0.269 e. The summed E-state index contributed by atoms with van der Waals surface area (Å²) < 4.78 is 1.97. The lowest BCUT2D eigenvalue weighted by molar-refractivity contribution is 0.648. The van der Waals surface area contributed by atoms with E-state index in [1.54, 1.807) is 0 Å². The summed E-state index contributed by atoms with van der Waals surface area (Å²) in [6, 6.07) is 2.00. The first-order valence-corrected chi connectivity index (χ1v) is 4.01. The Morgan fingerprint density at radius 2 is 2.56 bits per heavy atom. The number of hydrogen-bond acceptors (Lipinski definition) is 1. The van der Waals surface area contributed by atoms with E-state index in [1.165, 1.54) is 5.69 Å². The van der Waals surface area contributed by atoms with E-state index in [-0.39, 0.29) is 0 Å². The smallest absolute Gasteiger partial charge is 0.0509 e. The normalized spacial score (nSPS) is 10.0. The van der Waals surface area contributed by atoms with E-state index in [9.17, 15) is 0 Å². The molecular formula is C6H9BrN2. The van der Waals surface area contributed by atoms with Gasteiger partial charge in [-0.15, -0.1) is 0 Å². The van der Waals surface area contributed by atoms with Gasteiger partial charge in [-0.2, -0.15) is 5.10 Å². The highest BCUT2D eigenvalue weighted by Gasteiger charge is 1.92. The van der Waals surface area contributed by atoms with Crippen molar-refractivity contribution < 1.29 is 0 Å². The Bertz CT molecular complexity index is 183. The van der Waals surface area contributed by atoms with Gasteiger partial charge in [-0.25, -0.2) is 0 Å². The van der Waals surface area contributed by atoms with Gasteiger partial charge in [0.1, 0.15) is 0 Å². The third-order valence-electron chi connectivity index (χ3n) is 1.23.